The van der Waals surface area contributed by atoms with E-state index in [9.17, 15) is 4.79 Å². The lowest BCUT2D eigenvalue weighted by Crippen LogP contribution is -2.69. The van der Waals surface area contributed by atoms with Crippen LogP contribution in [0.15, 0.2) is 267 Å². The number of anilines is 1. The fourth-order valence-electron chi connectivity index (χ4n) is 13.7. The quantitative estimate of drug-likeness (QED) is 0.0376. The third kappa shape index (κ3) is 11.3. The molecular formula is C78H73N5O7Si. The number of fused-ring (bicyclic) bond motifs is 1. The number of methoxy groups -OCH3 is 3. The van der Waals surface area contributed by atoms with Crippen LogP contribution in [0.2, 0.25) is 5.04 Å². The SMILES string of the molecule is C#C[C@]1(COC(c2ccccc2)(c2ccc(OC)cc2)c2ccc(OC)cc2)[C@H](CO[Si](c2ccccc2)(c2ccccc2)C(C)(C)C)[C@@H](n2cnc3c(NC(=O)c4ccccc4)ncnc32)[C@@H]1COC(c1ccccc1)(c1ccccc1)c1ccc(OC)cc1. The Morgan fingerprint density at radius 1 is 0.516 bits per heavy atom. The second kappa shape index (κ2) is 26.3. The van der Waals surface area contributed by atoms with Gasteiger partial charge in [-0.1, -0.05) is 233 Å². The number of nitrogens with zero attached hydrogens (tertiary/aromatic N) is 4. The summed E-state index contributed by atoms with van der Waals surface area (Å²) >= 11 is 0. The molecule has 1 amide bonds. The number of hydrogen-bond acceptors (Lipinski definition) is 10. The summed E-state index contributed by atoms with van der Waals surface area (Å²) in [5.41, 5.74) is 2.86. The minimum Gasteiger partial charge on any atom is -0.497 e. The van der Waals surface area contributed by atoms with Crippen molar-refractivity contribution < 1.29 is 32.9 Å². The van der Waals surface area contributed by atoms with Gasteiger partial charge in [-0.2, -0.15) is 0 Å². The zero-order valence-electron chi connectivity index (χ0n) is 52.0. The van der Waals surface area contributed by atoms with Crippen LogP contribution in [0.3, 0.4) is 0 Å². The van der Waals surface area contributed by atoms with E-state index in [-0.39, 0.29) is 31.5 Å². The fraction of sp³-hybridized carbons (Fsp3) is 0.205. The molecule has 0 unspecified atom stereocenters. The molecule has 12 rings (SSSR count). The van der Waals surface area contributed by atoms with E-state index >= 15 is 0 Å². The highest BCUT2D eigenvalue weighted by atomic mass is 28.4. The Morgan fingerprint density at radius 2 is 0.912 bits per heavy atom. The molecule has 2 aromatic heterocycles. The maximum atomic E-state index is 14.0. The predicted molar refractivity (Wildman–Crippen MR) is 361 cm³/mol. The number of carbonyl (C=O) groups is 1. The number of aromatic nitrogens is 4. The summed E-state index contributed by atoms with van der Waals surface area (Å²) in [6, 6.07) is 84.8. The van der Waals surface area contributed by atoms with Crippen molar-refractivity contribution in [1.29, 1.82) is 0 Å². The topological polar surface area (TPSA) is 128 Å². The summed E-state index contributed by atoms with van der Waals surface area (Å²) < 4.78 is 43.7. The summed E-state index contributed by atoms with van der Waals surface area (Å²) in [6.07, 6.45) is 10.8. The summed E-state index contributed by atoms with van der Waals surface area (Å²) in [6.45, 7) is 7.05. The van der Waals surface area contributed by atoms with Crippen molar-refractivity contribution in [1.82, 2.24) is 19.5 Å². The van der Waals surface area contributed by atoms with Crippen molar-refractivity contribution in [2.45, 2.75) is 43.1 Å². The summed E-state index contributed by atoms with van der Waals surface area (Å²) in [4.78, 5) is 28.7. The van der Waals surface area contributed by atoms with E-state index < -0.39 is 47.9 Å². The zero-order chi connectivity index (χ0) is 63.1. The van der Waals surface area contributed by atoms with Gasteiger partial charge in [0.2, 0.25) is 0 Å². The molecule has 13 heteroatoms. The Hall–Kier alpha value is -9.94. The van der Waals surface area contributed by atoms with Gasteiger partial charge in [0.1, 0.15) is 34.8 Å². The molecule has 0 aliphatic heterocycles. The van der Waals surface area contributed by atoms with Crippen LogP contribution in [-0.4, -0.2) is 74.9 Å². The van der Waals surface area contributed by atoms with E-state index in [2.05, 4.69) is 163 Å². The van der Waals surface area contributed by atoms with Crippen LogP contribution in [0, 0.1) is 29.6 Å². The molecule has 1 saturated carbocycles. The Kier molecular flexibility index (Phi) is 17.7. The molecular weight excluding hydrogens is 1150 g/mol. The molecule has 4 atom stereocenters. The second-order valence-electron chi connectivity index (χ2n) is 24.0. The molecule has 11 aromatic rings. The molecule has 91 heavy (non-hydrogen) atoms. The first-order chi connectivity index (χ1) is 44.4. The molecule has 0 radical (unpaired) electrons. The van der Waals surface area contributed by atoms with Gasteiger partial charge >= 0.3 is 0 Å². The number of ether oxygens (including phenoxy) is 5. The zero-order valence-corrected chi connectivity index (χ0v) is 53.0. The molecule has 1 N–H and O–H groups in total. The summed E-state index contributed by atoms with van der Waals surface area (Å²) in [7, 11) is 1.68. The number of nitrogens with one attached hydrogen (secondary N) is 1. The fourth-order valence-corrected chi connectivity index (χ4v) is 18.3. The van der Waals surface area contributed by atoms with Gasteiger partial charge in [-0.25, -0.2) is 15.0 Å². The van der Waals surface area contributed by atoms with Crippen molar-refractivity contribution in [2.75, 3.05) is 46.5 Å². The molecule has 0 spiro atoms. The molecule has 2 heterocycles. The Morgan fingerprint density at radius 3 is 1.33 bits per heavy atom. The van der Waals surface area contributed by atoms with Crippen LogP contribution in [0.25, 0.3) is 11.2 Å². The first kappa shape index (κ1) is 61.3. The molecule has 456 valence electrons. The van der Waals surface area contributed by atoms with Crippen molar-refractivity contribution in [3.63, 3.8) is 0 Å². The number of imidazole rings is 1. The number of carbonyl (C=O) groups excluding carboxylic acids is 1. The van der Waals surface area contributed by atoms with Gasteiger partial charge < -0.3 is 38.0 Å². The van der Waals surface area contributed by atoms with Crippen LogP contribution >= 0.6 is 0 Å². The monoisotopic (exact) mass is 1220 g/mol. The average Bonchev–Trinajstić information content (AvgIpc) is 1.64. The van der Waals surface area contributed by atoms with Crippen molar-refractivity contribution in [3.8, 4) is 29.6 Å². The van der Waals surface area contributed by atoms with E-state index in [0.29, 0.717) is 34.0 Å². The van der Waals surface area contributed by atoms with Gasteiger partial charge in [0.05, 0.1) is 46.3 Å². The number of benzene rings is 9. The van der Waals surface area contributed by atoms with Gasteiger partial charge in [-0.15, -0.1) is 6.42 Å². The van der Waals surface area contributed by atoms with Crippen molar-refractivity contribution in [3.05, 3.63) is 306 Å². The van der Waals surface area contributed by atoms with E-state index in [4.69, 9.17) is 44.5 Å². The third-order valence-corrected chi connectivity index (χ3v) is 23.3. The predicted octanol–water partition coefficient (Wildman–Crippen LogP) is 14.1. The molecule has 1 aliphatic carbocycles. The molecule has 9 aromatic carbocycles. The Balaban J connectivity index is 1.10. The van der Waals surface area contributed by atoms with Gasteiger partial charge in [-0.3, -0.25) is 4.79 Å². The van der Waals surface area contributed by atoms with E-state index in [0.717, 1.165) is 43.8 Å². The smallest absolute Gasteiger partial charge is 0.261 e. The highest BCUT2D eigenvalue weighted by Crippen LogP contribution is 2.62. The van der Waals surface area contributed by atoms with Crippen LogP contribution in [0.5, 0.6) is 17.2 Å². The molecule has 0 saturated heterocycles. The largest absolute Gasteiger partial charge is 0.497 e. The summed E-state index contributed by atoms with van der Waals surface area (Å²) in [5, 5.41) is 4.87. The van der Waals surface area contributed by atoms with Gasteiger partial charge in [0.15, 0.2) is 17.0 Å². The maximum absolute atomic E-state index is 14.0. The van der Waals surface area contributed by atoms with Crippen molar-refractivity contribution in [2.24, 2.45) is 17.3 Å². The minimum absolute atomic E-state index is 0.0119. The number of amides is 1. The third-order valence-electron chi connectivity index (χ3n) is 18.3. The Bertz CT molecular complexity index is 4120. The van der Waals surface area contributed by atoms with Crippen LogP contribution in [0.1, 0.15) is 70.6 Å². The average molecular weight is 1220 g/mol. The normalized spacial score (nSPS) is 16.7. The molecule has 0 bridgehead atoms. The lowest BCUT2D eigenvalue weighted by Gasteiger charge is -2.60. The van der Waals surface area contributed by atoms with E-state index in [1.54, 1.807) is 39.8 Å². The lowest BCUT2D eigenvalue weighted by atomic mass is 9.50. The Labute approximate surface area is 534 Å². The lowest BCUT2D eigenvalue weighted by molar-refractivity contribution is -0.181. The van der Waals surface area contributed by atoms with Gasteiger partial charge in [0, 0.05) is 30.0 Å². The molecule has 1 aliphatic rings. The van der Waals surface area contributed by atoms with Gasteiger partial charge in [-0.05, 0) is 97.3 Å². The minimum atomic E-state index is -3.32. The number of hydrogen-bond donors (Lipinski definition) is 1. The van der Waals surface area contributed by atoms with Crippen LogP contribution < -0.4 is 29.9 Å². The highest BCUT2D eigenvalue weighted by molar-refractivity contribution is 6.99. The van der Waals surface area contributed by atoms with Crippen LogP contribution in [-0.2, 0) is 25.1 Å². The van der Waals surface area contributed by atoms with Crippen LogP contribution in [0.4, 0.5) is 5.82 Å². The standard InChI is InChI=1S/C78H73N5O7Si/c1-8-76(53-89-78(59-33-21-12-22-34-59,61-41-47-64(86-6)48-42-61)62-43-49-65(87-7)50-44-62)68(51-88-77(57-29-17-10-18-30-57,58-31-19-11-20-32-58)60-39-45-63(85-5)46-40-60)71(83-55-81-70-72(79-54-80-73(70)83)82-74(84)56-27-15-9-16-28-56)69(76)52-90-91(75(2,3)4,66-35-23-13-24-36-66)67-37-25-14-26-38-67/h1,9-50,54-55,68-69,71H,51-53H2,2-7H3,(H,79,80,82,84)/t68-,69+,71-,76+/m0/s1. The maximum Gasteiger partial charge on any atom is 0.261 e. The van der Waals surface area contributed by atoms with E-state index in [1.807, 2.05) is 121 Å². The number of rotatable bonds is 23. The first-order valence-corrected chi connectivity index (χ1v) is 32.5. The highest BCUT2D eigenvalue weighted by Gasteiger charge is 2.65. The first-order valence-electron chi connectivity index (χ1n) is 30.6. The number of terminal acetylenes is 1. The second-order valence-corrected chi connectivity index (χ2v) is 28.3. The summed E-state index contributed by atoms with van der Waals surface area (Å²) in [5.74, 6) is 4.42. The van der Waals surface area contributed by atoms with Gasteiger partial charge in [0.25, 0.3) is 14.2 Å². The van der Waals surface area contributed by atoms with Crippen molar-refractivity contribution >= 4 is 41.6 Å². The molecule has 1 fully saturated rings. The molecule has 12 nitrogen and oxygen atoms in total. The van der Waals surface area contributed by atoms with E-state index in [1.165, 1.54) is 6.33 Å².